The quantitative estimate of drug-likeness (QED) is 0.792. The highest BCUT2D eigenvalue weighted by atomic mass is 19.1. The average Bonchev–Trinajstić information content (AvgIpc) is 2.67. The Morgan fingerprint density at radius 1 is 1.41 bits per heavy atom. The third-order valence-electron chi connectivity index (χ3n) is 2.18. The largest absolute Gasteiger partial charge is 0.395 e. The number of nitrogens with zero attached hydrogens (tertiary/aromatic N) is 3. The number of aryl methyl sites for hydroxylation is 1. The molecule has 0 saturated heterocycles. The van der Waals surface area contributed by atoms with Crippen molar-refractivity contribution in [1.82, 2.24) is 14.8 Å². The average molecular weight is 239 g/mol. The molecule has 17 heavy (non-hydrogen) atoms. The van der Waals surface area contributed by atoms with Crippen LogP contribution in [0.15, 0.2) is 18.5 Å². The Hall–Kier alpha value is -2.18. The van der Waals surface area contributed by atoms with E-state index in [4.69, 9.17) is 5.73 Å². The highest BCUT2D eigenvalue weighted by molar-refractivity contribution is 5.66. The molecule has 2 rings (SSSR count). The molecule has 1 aromatic carbocycles. The zero-order valence-electron chi connectivity index (χ0n) is 9.11. The van der Waals surface area contributed by atoms with Gasteiger partial charge < -0.3 is 11.1 Å². The molecule has 0 saturated carbocycles. The van der Waals surface area contributed by atoms with Crippen LogP contribution in [0, 0.1) is 11.6 Å². The standard InChI is InChI=1S/C10H11F2N5/c1-17-5-15-9(16-17)4-14-8-3-6(11)2-7(12)10(8)13/h2-3,5,14H,4,13H2,1H3. The van der Waals surface area contributed by atoms with E-state index in [2.05, 4.69) is 15.4 Å². The number of rotatable bonds is 3. The lowest BCUT2D eigenvalue weighted by Crippen LogP contribution is -2.06. The number of halogens is 2. The summed E-state index contributed by atoms with van der Waals surface area (Å²) in [5.41, 5.74) is 5.54. The summed E-state index contributed by atoms with van der Waals surface area (Å²) in [6, 6.07) is 1.86. The van der Waals surface area contributed by atoms with Crippen LogP contribution in [0.3, 0.4) is 0 Å². The predicted molar refractivity (Wildman–Crippen MR) is 59.1 cm³/mol. The monoisotopic (exact) mass is 239 g/mol. The Morgan fingerprint density at radius 3 is 2.82 bits per heavy atom. The molecule has 0 aliphatic heterocycles. The SMILES string of the molecule is Cn1cnc(CNc2cc(F)cc(F)c2N)n1. The summed E-state index contributed by atoms with van der Waals surface area (Å²) in [5, 5.41) is 6.80. The molecule has 1 aromatic heterocycles. The van der Waals surface area contributed by atoms with Gasteiger partial charge in [0.2, 0.25) is 0 Å². The first kappa shape index (κ1) is 11.3. The zero-order valence-corrected chi connectivity index (χ0v) is 9.11. The van der Waals surface area contributed by atoms with Crippen molar-refractivity contribution >= 4 is 11.4 Å². The summed E-state index contributed by atoms with van der Waals surface area (Å²) in [4.78, 5) is 3.97. The van der Waals surface area contributed by atoms with Crippen molar-refractivity contribution in [3.05, 3.63) is 35.9 Å². The van der Waals surface area contributed by atoms with Gasteiger partial charge in [-0.1, -0.05) is 0 Å². The summed E-state index contributed by atoms with van der Waals surface area (Å²) in [7, 11) is 1.73. The summed E-state index contributed by atoms with van der Waals surface area (Å²) in [6.07, 6.45) is 1.53. The van der Waals surface area contributed by atoms with Gasteiger partial charge in [-0.05, 0) is 6.07 Å². The molecule has 0 spiro atoms. The first-order valence-electron chi connectivity index (χ1n) is 4.89. The highest BCUT2D eigenvalue weighted by Gasteiger charge is 2.08. The number of benzene rings is 1. The Labute approximate surface area is 96.3 Å². The Balaban J connectivity index is 2.14. The van der Waals surface area contributed by atoms with E-state index >= 15 is 0 Å². The maximum Gasteiger partial charge on any atom is 0.169 e. The first-order chi connectivity index (χ1) is 8.06. The Kier molecular flexibility index (Phi) is 2.90. The second kappa shape index (κ2) is 4.36. The van der Waals surface area contributed by atoms with Gasteiger partial charge in [0.25, 0.3) is 0 Å². The fourth-order valence-corrected chi connectivity index (χ4v) is 1.37. The molecule has 0 fully saturated rings. The van der Waals surface area contributed by atoms with E-state index in [1.165, 1.54) is 11.0 Å². The minimum absolute atomic E-state index is 0.123. The van der Waals surface area contributed by atoms with Crippen LogP contribution in [0.4, 0.5) is 20.2 Å². The number of nitrogens with one attached hydrogen (secondary N) is 1. The van der Waals surface area contributed by atoms with E-state index in [0.717, 1.165) is 12.1 Å². The van der Waals surface area contributed by atoms with Gasteiger partial charge in [-0.2, -0.15) is 5.10 Å². The normalized spacial score (nSPS) is 10.5. The number of nitrogens with two attached hydrogens (primary N) is 1. The van der Waals surface area contributed by atoms with Crippen LogP contribution in [0.1, 0.15) is 5.82 Å². The van der Waals surface area contributed by atoms with Crippen LogP contribution in [0.5, 0.6) is 0 Å². The lowest BCUT2D eigenvalue weighted by atomic mass is 10.2. The molecule has 3 N–H and O–H groups in total. The molecule has 1 heterocycles. The van der Waals surface area contributed by atoms with Gasteiger partial charge in [-0.3, -0.25) is 4.68 Å². The van der Waals surface area contributed by atoms with Crippen LogP contribution in [0.25, 0.3) is 0 Å². The zero-order chi connectivity index (χ0) is 12.4. The fourth-order valence-electron chi connectivity index (χ4n) is 1.37. The van der Waals surface area contributed by atoms with Crippen LogP contribution >= 0.6 is 0 Å². The Morgan fingerprint density at radius 2 is 2.18 bits per heavy atom. The van der Waals surface area contributed by atoms with E-state index < -0.39 is 11.6 Å². The molecule has 2 aromatic rings. The summed E-state index contributed by atoms with van der Waals surface area (Å²) < 4.78 is 27.6. The van der Waals surface area contributed by atoms with Crippen molar-refractivity contribution in [3.8, 4) is 0 Å². The van der Waals surface area contributed by atoms with Crippen molar-refractivity contribution in [1.29, 1.82) is 0 Å². The molecule has 0 aliphatic carbocycles. The topological polar surface area (TPSA) is 68.8 Å². The van der Waals surface area contributed by atoms with Gasteiger partial charge in [-0.25, -0.2) is 13.8 Å². The second-order valence-electron chi connectivity index (χ2n) is 3.54. The predicted octanol–water partition coefficient (Wildman–Crippen LogP) is 1.29. The second-order valence-corrected chi connectivity index (χ2v) is 3.54. The molecule has 5 nitrogen and oxygen atoms in total. The van der Waals surface area contributed by atoms with E-state index in [0.29, 0.717) is 5.82 Å². The van der Waals surface area contributed by atoms with Crippen LogP contribution < -0.4 is 11.1 Å². The molecule has 0 amide bonds. The third-order valence-corrected chi connectivity index (χ3v) is 2.18. The lowest BCUT2D eigenvalue weighted by molar-refractivity contribution is 0.587. The van der Waals surface area contributed by atoms with Crippen molar-refractivity contribution in [2.24, 2.45) is 7.05 Å². The van der Waals surface area contributed by atoms with Gasteiger partial charge in [0.05, 0.1) is 17.9 Å². The van der Waals surface area contributed by atoms with E-state index in [-0.39, 0.29) is 17.9 Å². The molecule has 0 aliphatic rings. The van der Waals surface area contributed by atoms with Crippen molar-refractivity contribution in [2.45, 2.75) is 6.54 Å². The summed E-state index contributed by atoms with van der Waals surface area (Å²) in [5.74, 6) is -0.966. The van der Waals surface area contributed by atoms with Crippen molar-refractivity contribution < 1.29 is 8.78 Å². The first-order valence-corrected chi connectivity index (χ1v) is 4.89. The molecule has 0 unspecified atom stereocenters. The number of hydrogen-bond donors (Lipinski definition) is 2. The van der Waals surface area contributed by atoms with Crippen molar-refractivity contribution in [2.75, 3.05) is 11.1 Å². The minimum atomic E-state index is -0.790. The van der Waals surface area contributed by atoms with E-state index in [1.54, 1.807) is 7.05 Å². The maximum atomic E-state index is 13.1. The van der Waals surface area contributed by atoms with Gasteiger partial charge in [0.1, 0.15) is 12.1 Å². The molecule has 0 atom stereocenters. The van der Waals surface area contributed by atoms with Crippen LogP contribution in [-0.4, -0.2) is 14.8 Å². The van der Waals surface area contributed by atoms with Crippen molar-refractivity contribution in [3.63, 3.8) is 0 Å². The molecule has 7 heteroatoms. The molecule has 0 bridgehead atoms. The number of nitrogen functional groups attached to an aromatic ring is 1. The van der Waals surface area contributed by atoms with Gasteiger partial charge in [0, 0.05) is 13.1 Å². The lowest BCUT2D eigenvalue weighted by Gasteiger charge is -2.08. The molecule has 90 valence electrons. The van der Waals surface area contributed by atoms with Gasteiger partial charge >= 0.3 is 0 Å². The Bertz CT molecular complexity index is 537. The van der Waals surface area contributed by atoms with Crippen LogP contribution in [0.2, 0.25) is 0 Å². The summed E-state index contributed by atoms with van der Waals surface area (Å²) >= 11 is 0. The van der Waals surface area contributed by atoms with E-state index in [9.17, 15) is 8.78 Å². The number of anilines is 2. The smallest absolute Gasteiger partial charge is 0.169 e. The number of aromatic nitrogens is 3. The highest BCUT2D eigenvalue weighted by Crippen LogP contribution is 2.23. The van der Waals surface area contributed by atoms with E-state index in [1.807, 2.05) is 0 Å². The molecule has 0 radical (unpaired) electrons. The molecular weight excluding hydrogens is 228 g/mol. The summed E-state index contributed by atoms with van der Waals surface area (Å²) in [6.45, 7) is 0.244. The molecular formula is C10H11F2N5. The van der Waals surface area contributed by atoms with Crippen LogP contribution in [-0.2, 0) is 13.6 Å². The fraction of sp³-hybridized carbons (Fsp3) is 0.200. The third kappa shape index (κ3) is 2.49. The maximum absolute atomic E-state index is 13.1. The van der Waals surface area contributed by atoms with Gasteiger partial charge in [0.15, 0.2) is 11.6 Å². The minimum Gasteiger partial charge on any atom is -0.395 e. The van der Waals surface area contributed by atoms with Gasteiger partial charge in [-0.15, -0.1) is 0 Å². The number of hydrogen-bond acceptors (Lipinski definition) is 4.